The van der Waals surface area contributed by atoms with Gasteiger partial charge in [-0.2, -0.15) is 22.0 Å². The Morgan fingerprint density at radius 2 is 1.50 bits per heavy atom. The van der Waals surface area contributed by atoms with Gasteiger partial charge in [0.05, 0.1) is 17.7 Å². The third kappa shape index (κ3) is 8.75. The van der Waals surface area contributed by atoms with Gasteiger partial charge in [0.25, 0.3) is 5.91 Å². The largest absolute Gasteiger partial charge is 0.481 e. The molecule has 0 saturated carbocycles. The average Bonchev–Trinajstić information content (AvgIpc) is 2.89. The van der Waals surface area contributed by atoms with Gasteiger partial charge in [-0.15, -0.1) is 0 Å². The molecule has 2 rings (SSSR count). The first-order chi connectivity index (χ1) is 19.4. The van der Waals surface area contributed by atoms with Crippen molar-refractivity contribution in [3.05, 3.63) is 59.2 Å². The van der Waals surface area contributed by atoms with Crippen molar-refractivity contribution in [1.82, 2.24) is 5.32 Å². The molecule has 0 saturated heterocycles. The summed E-state index contributed by atoms with van der Waals surface area (Å²) in [6.07, 6.45) is -6.82. The quantitative estimate of drug-likeness (QED) is 0.177. The van der Waals surface area contributed by atoms with Crippen LogP contribution in [0.5, 0.6) is 5.75 Å². The van der Waals surface area contributed by atoms with Crippen molar-refractivity contribution < 1.29 is 64.5 Å². The van der Waals surface area contributed by atoms with Crippen LogP contribution in [0.1, 0.15) is 32.3 Å². The van der Waals surface area contributed by atoms with Crippen LogP contribution in [0.2, 0.25) is 0 Å². The second-order valence-corrected chi connectivity index (χ2v) is 9.19. The van der Waals surface area contributed by atoms with Crippen LogP contribution in [0.4, 0.5) is 36.4 Å². The lowest BCUT2D eigenvalue weighted by molar-refractivity contribution is -0.141. The van der Waals surface area contributed by atoms with Crippen LogP contribution in [-0.2, 0) is 30.1 Å². The number of alkyl halides is 3. The molecule has 9 nitrogen and oxygen atoms in total. The minimum Gasteiger partial charge on any atom is -0.481 e. The highest BCUT2D eigenvalue weighted by Gasteiger charge is 2.35. The monoisotopic (exact) mass is 608 g/mol. The fraction of sp³-hybridized carbons (Fsp3) is 0.346. The second-order valence-electron chi connectivity index (χ2n) is 9.19. The van der Waals surface area contributed by atoms with Gasteiger partial charge in [0.15, 0.2) is 23.2 Å². The average molecular weight is 608 g/mol. The molecule has 0 bridgehead atoms. The Morgan fingerprint density at radius 1 is 0.929 bits per heavy atom. The fourth-order valence-electron chi connectivity index (χ4n) is 3.58. The Morgan fingerprint density at radius 3 is 2.02 bits per heavy atom. The number of carbonyl (C=O) groups excluding carboxylic acids is 4. The van der Waals surface area contributed by atoms with Gasteiger partial charge >= 0.3 is 12.1 Å². The molecular weight excluding hydrogens is 585 g/mol. The maximum absolute atomic E-state index is 13.8. The number of ketones is 2. The van der Waals surface area contributed by atoms with Crippen LogP contribution in [0.25, 0.3) is 0 Å². The van der Waals surface area contributed by atoms with Crippen LogP contribution < -0.4 is 15.4 Å². The van der Waals surface area contributed by atoms with Gasteiger partial charge in [-0.3, -0.25) is 24.0 Å². The second kappa shape index (κ2) is 13.9. The summed E-state index contributed by atoms with van der Waals surface area (Å²) in [6.45, 7) is 1.48. The Labute approximate surface area is 233 Å². The molecular formula is C26H23F7N2O7. The fourth-order valence-corrected chi connectivity index (χ4v) is 3.58. The Kier molecular flexibility index (Phi) is 11.2. The molecule has 2 aromatic carbocycles. The van der Waals surface area contributed by atoms with Gasteiger partial charge in [0, 0.05) is 18.4 Å². The van der Waals surface area contributed by atoms with Crippen LogP contribution in [0.15, 0.2) is 30.3 Å². The molecule has 16 heteroatoms. The molecule has 0 fully saturated rings. The van der Waals surface area contributed by atoms with E-state index in [0.717, 1.165) is 12.1 Å². The SMILES string of the molecule is CC(C)[C@H](CC(=O)C(=O)Nc1ccccc1C(F)(F)F)C(=O)N[C@@H](CC(=O)O)C(=O)COc1c(F)c(F)cc(F)c1F. The highest BCUT2D eigenvalue weighted by molar-refractivity contribution is 6.41. The summed E-state index contributed by atoms with van der Waals surface area (Å²) in [4.78, 5) is 61.6. The number of amides is 2. The zero-order valence-electron chi connectivity index (χ0n) is 21.8. The first-order valence-electron chi connectivity index (χ1n) is 11.9. The number of hydrogen-bond donors (Lipinski definition) is 3. The van der Waals surface area contributed by atoms with Gasteiger partial charge in [0.2, 0.25) is 23.3 Å². The number of carboxylic acids is 1. The summed E-state index contributed by atoms with van der Waals surface area (Å²) < 4.78 is 98.5. The van der Waals surface area contributed by atoms with E-state index in [1.54, 1.807) is 0 Å². The summed E-state index contributed by atoms with van der Waals surface area (Å²) in [5.41, 5.74) is -1.95. The van der Waals surface area contributed by atoms with Crippen molar-refractivity contribution in [1.29, 1.82) is 0 Å². The standard InChI is InChI=1S/C26H23F7N2O7/c1-11(2)12(7-18(36)25(41)34-16-6-4-3-5-13(16)26(31,32)33)24(40)35-17(9-20(38)39)19(37)10-42-23-21(29)14(27)8-15(28)22(23)30/h3-6,8,11-12,17H,7,9-10H2,1-2H3,(H,34,41)(H,35,40)(H,38,39)/t12-,17-/m0/s1. The number of benzene rings is 2. The predicted octanol–water partition coefficient (Wildman–Crippen LogP) is 4.04. The molecule has 3 N–H and O–H groups in total. The number of para-hydroxylation sites is 1. The Balaban J connectivity index is 2.16. The van der Waals surface area contributed by atoms with Crippen molar-refractivity contribution in [3.63, 3.8) is 0 Å². The maximum atomic E-state index is 13.8. The van der Waals surface area contributed by atoms with E-state index in [2.05, 4.69) is 4.74 Å². The number of Topliss-reactive ketones (excluding diaryl/α,β-unsaturated/α-hetero) is 2. The third-order valence-corrected chi connectivity index (χ3v) is 5.79. The number of carboxylic acid groups (broad SMARTS) is 1. The van der Waals surface area contributed by atoms with E-state index in [0.29, 0.717) is 6.07 Å². The van der Waals surface area contributed by atoms with Crippen molar-refractivity contribution in [2.45, 2.75) is 38.9 Å². The van der Waals surface area contributed by atoms with E-state index < -0.39 is 113 Å². The highest BCUT2D eigenvalue weighted by Crippen LogP contribution is 2.34. The van der Waals surface area contributed by atoms with E-state index in [1.807, 2.05) is 10.6 Å². The van der Waals surface area contributed by atoms with Gasteiger partial charge in [-0.25, -0.2) is 8.78 Å². The molecule has 2 atom stereocenters. The molecule has 0 unspecified atom stereocenters. The smallest absolute Gasteiger partial charge is 0.418 e. The zero-order chi connectivity index (χ0) is 31.9. The molecule has 0 aliphatic rings. The summed E-state index contributed by atoms with van der Waals surface area (Å²) >= 11 is 0. The first kappa shape index (κ1) is 33.7. The molecule has 2 amide bonds. The molecule has 0 spiro atoms. The van der Waals surface area contributed by atoms with Crippen LogP contribution in [0.3, 0.4) is 0 Å². The number of ether oxygens (including phenoxy) is 1. The number of halogens is 7. The van der Waals surface area contributed by atoms with Crippen molar-refractivity contribution in [3.8, 4) is 5.75 Å². The van der Waals surface area contributed by atoms with E-state index in [-0.39, 0.29) is 6.07 Å². The minimum absolute atomic E-state index is 0.116. The van der Waals surface area contributed by atoms with Gasteiger partial charge in [-0.05, 0) is 18.1 Å². The van der Waals surface area contributed by atoms with Crippen LogP contribution >= 0.6 is 0 Å². The molecule has 0 aromatic heterocycles. The third-order valence-electron chi connectivity index (χ3n) is 5.79. The zero-order valence-corrected chi connectivity index (χ0v) is 21.8. The number of anilines is 1. The normalized spacial score (nSPS) is 12.8. The van der Waals surface area contributed by atoms with E-state index in [1.165, 1.54) is 19.9 Å². The summed E-state index contributed by atoms with van der Waals surface area (Å²) in [5, 5.41) is 13.0. The molecule has 0 heterocycles. The topological polar surface area (TPSA) is 139 Å². The lowest BCUT2D eigenvalue weighted by Gasteiger charge is -2.23. The number of rotatable bonds is 13. The summed E-state index contributed by atoms with van der Waals surface area (Å²) in [5.74, 6) is -18.3. The minimum atomic E-state index is -4.86. The molecule has 2 aromatic rings. The number of hydrogen-bond acceptors (Lipinski definition) is 6. The first-order valence-corrected chi connectivity index (χ1v) is 11.9. The highest BCUT2D eigenvalue weighted by atomic mass is 19.4. The van der Waals surface area contributed by atoms with Gasteiger partial charge < -0.3 is 20.5 Å². The summed E-state index contributed by atoms with van der Waals surface area (Å²) in [6, 6.07) is 1.76. The van der Waals surface area contributed by atoms with E-state index in [4.69, 9.17) is 5.11 Å². The molecule has 0 radical (unpaired) electrons. The number of carbonyl (C=O) groups is 5. The molecule has 0 aliphatic carbocycles. The van der Waals surface area contributed by atoms with Crippen molar-refractivity contribution in [2.24, 2.45) is 11.8 Å². The Hall–Kier alpha value is -4.50. The summed E-state index contributed by atoms with van der Waals surface area (Å²) in [7, 11) is 0. The number of nitrogens with one attached hydrogen (secondary N) is 2. The van der Waals surface area contributed by atoms with E-state index >= 15 is 0 Å². The van der Waals surface area contributed by atoms with Crippen LogP contribution in [-0.4, -0.2) is 47.1 Å². The lowest BCUT2D eigenvalue weighted by Crippen LogP contribution is -2.48. The van der Waals surface area contributed by atoms with E-state index in [9.17, 15) is 54.7 Å². The van der Waals surface area contributed by atoms with Gasteiger partial charge in [0.1, 0.15) is 12.6 Å². The molecule has 42 heavy (non-hydrogen) atoms. The molecule has 228 valence electrons. The number of aliphatic carboxylic acids is 1. The van der Waals surface area contributed by atoms with Crippen molar-refractivity contribution >= 4 is 35.0 Å². The predicted molar refractivity (Wildman–Crippen MR) is 129 cm³/mol. The van der Waals surface area contributed by atoms with Crippen molar-refractivity contribution in [2.75, 3.05) is 11.9 Å². The lowest BCUT2D eigenvalue weighted by atomic mass is 9.89. The Bertz CT molecular complexity index is 1350. The molecule has 0 aliphatic heterocycles. The van der Waals surface area contributed by atoms with Gasteiger partial charge in [-0.1, -0.05) is 26.0 Å². The van der Waals surface area contributed by atoms with Crippen LogP contribution in [0, 0.1) is 35.1 Å². The maximum Gasteiger partial charge on any atom is 0.418 e.